The molecule has 1 rings (SSSR count). The van der Waals surface area contributed by atoms with Crippen LogP contribution in [-0.4, -0.2) is 15.7 Å². The molecule has 0 aromatic rings. The minimum absolute atomic E-state index is 0.508. The third-order valence-electron chi connectivity index (χ3n) is 2.57. The number of hydrogen-bond acceptors (Lipinski definition) is 1. The topological polar surface area (TPSA) is 17.1 Å². The van der Waals surface area contributed by atoms with Crippen molar-refractivity contribution in [3.63, 3.8) is 0 Å². The van der Waals surface area contributed by atoms with Crippen molar-refractivity contribution < 1.29 is 4.21 Å². The summed E-state index contributed by atoms with van der Waals surface area (Å²) in [7, 11) is -0.508. The van der Waals surface area contributed by atoms with Gasteiger partial charge < -0.3 is 0 Å². The van der Waals surface area contributed by atoms with Crippen molar-refractivity contribution in [2.75, 3.05) is 11.5 Å². The highest BCUT2D eigenvalue weighted by molar-refractivity contribution is 7.84. The van der Waals surface area contributed by atoms with Gasteiger partial charge in [-0.15, -0.1) is 0 Å². The van der Waals surface area contributed by atoms with Gasteiger partial charge in [-0.1, -0.05) is 20.3 Å². The van der Waals surface area contributed by atoms with E-state index in [2.05, 4.69) is 13.8 Å². The molecule has 0 spiro atoms. The van der Waals surface area contributed by atoms with Crippen LogP contribution >= 0.6 is 0 Å². The maximum Gasteiger partial charge on any atom is 0.0263 e. The Morgan fingerprint density at radius 1 is 1.55 bits per heavy atom. The lowest BCUT2D eigenvalue weighted by Gasteiger charge is -2.12. The van der Waals surface area contributed by atoms with Crippen LogP contribution < -0.4 is 0 Å². The molecule has 11 heavy (non-hydrogen) atoms. The standard InChI is InChI=1S/C9H18OS/c1-3-9-6-8(2)4-5-11(10)7-9/h8-9H,3-7H2,1-2H3. The average Bonchev–Trinajstić information content (AvgIpc) is 2.13. The molecule has 0 bridgehead atoms. The molecule has 2 heteroatoms. The molecule has 3 atom stereocenters. The third kappa shape index (κ3) is 2.94. The molecular formula is C9H18OS. The zero-order valence-corrected chi connectivity index (χ0v) is 8.32. The van der Waals surface area contributed by atoms with Crippen LogP contribution in [-0.2, 0) is 10.8 Å². The van der Waals surface area contributed by atoms with Gasteiger partial charge in [0.05, 0.1) is 0 Å². The first-order valence-corrected chi connectivity index (χ1v) is 6.06. The Hall–Kier alpha value is 0.150. The van der Waals surface area contributed by atoms with Crippen LogP contribution in [0.4, 0.5) is 0 Å². The predicted molar refractivity (Wildman–Crippen MR) is 50.1 cm³/mol. The van der Waals surface area contributed by atoms with Gasteiger partial charge >= 0.3 is 0 Å². The molecule has 1 heterocycles. The summed E-state index contributed by atoms with van der Waals surface area (Å²) in [5.74, 6) is 3.43. The van der Waals surface area contributed by atoms with E-state index in [9.17, 15) is 4.21 Å². The molecule has 0 aromatic carbocycles. The van der Waals surface area contributed by atoms with Crippen LogP contribution in [0.1, 0.15) is 33.1 Å². The van der Waals surface area contributed by atoms with Gasteiger partial charge in [-0.05, 0) is 24.7 Å². The lowest BCUT2D eigenvalue weighted by molar-refractivity contribution is 0.412. The lowest BCUT2D eigenvalue weighted by Crippen LogP contribution is -2.09. The molecule has 66 valence electrons. The summed E-state index contributed by atoms with van der Waals surface area (Å²) in [5, 5.41) is 0. The molecule has 0 aliphatic carbocycles. The molecule has 3 unspecified atom stereocenters. The summed E-state index contributed by atoms with van der Waals surface area (Å²) >= 11 is 0. The van der Waals surface area contributed by atoms with Crippen LogP contribution in [0.5, 0.6) is 0 Å². The fourth-order valence-corrected chi connectivity index (χ4v) is 3.45. The average molecular weight is 174 g/mol. The highest BCUT2D eigenvalue weighted by Gasteiger charge is 2.19. The van der Waals surface area contributed by atoms with Crippen molar-refractivity contribution in [1.82, 2.24) is 0 Å². The Balaban J connectivity index is 2.47. The monoisotopic (exact) mass is 174 g/mol. The summed E-state index contributed by atoms with van der Waals surface area (Å²) in [6.07, 6.45) is 3.67. The molecule has 0 amide bonds. The molecule has 1 nitrogen and oxygen atoms in total. The minimum atomic E-state index is -0.508. The molecular weight excluding hydrogens is 156 g/mol. The highest BCUT2D eigenvalue weighted by atomic mass is 32.2. The van der Waals surface area contributed by atoms with E-state index >= 15 is 0 Å². The SMILES string of the molecule is CCC1CC(C)CCS(=O)C1. The number of rotatable bonds is 1. The lowest BCUT2D eigenvalue weighted by atomic mass is 9.94. The second-order valence-corrected chi connectivity index (χ2v) is 5.34. The Kier molecular flexibility index (Phi) is 3.57. The smallest absolute Gasteiger partial charge is 0.0263 e. The summed E-state index contributed by atoms with van der Waals surface area (Å²) in [6.45, 7) is 4.49. The molecule has 0 saturated carbocycles. The normalized spacial score (nSPS) is 40.0. The first kappa shape index (κ1) is 9.24. The summed E-state index contributed by atoms with van der Waals surface area (Å²) in [6, 6.07) is 0. The van der Waals surface area contributed by atoms with Crippen molar-refractivity contribution >= 4 is 10.8 Å². The van der Waals surface area contributed by atoms with Gasteiger partial charge in [0.15, 0.2) is 0 Å². The summed E-state index contributed by atoms with van der Waals surface area (Å²) in [5.41, 5.74) is 0. The molecule has 0 aromatic heterocycles. The van der Waals surface area contributed by atoms with Gasteiger partial charge in [0.2, 0.25) is 0 Å². The Labute approximate surface area is 72.0 Å². The molecule has 0 radical (unpaired) electrons. The van der Waals surface area contributed by atoms with E-state index in [4.69, 9.17) is 0 Å². The zero-order valence-electron chi connectivity index (χ0n) is 7.51. The Morgan fingerprint density at radius 3 is 2.91 bits per heavy atom. The fraction of sp³-hybridized carbons (Fsp3) is 1.00. The minimum Gasteiger partial charge on any atom is -0.260 e. The van der Waals surface area contributed by atoms with E-state index in [-0.39, 0.29) is 0 Å². The molecule has 1 aliphatic rings. The van der Waals surface area contributed by atoms with Crippen LogP contribution in [0.2, 0.25) is 0 Å². The second-order valence-electron chi connectivity index (χ2n) is 3.71. The Morgan fingerprint density at radius 2 is 2.27 bits per heavy atom. The van der Waals surface area contributed by atoms with Gasteiger partial charge in [-0.2, -0.15) is 0 Å². The van der Waals surface area contributed by atoms with E-state index in [1.807, 2.05) is 0 Å². The van der Waals surface area contributed by atoms with E-state index in [1.165, 1.54) is 19.3 Å². The third-order valence-corrected chi connectivity index (χ3v) is 4.11. The predicted octanol–water partition coefficient (Wildman–Crippen LogP) is 2.19. The van der Waals surface area contributed by atoms with Crippen LogP contribution in [0.25, 0.3) is 0 Å². The van der Waals surface area contributed by atoms with Gasteiger partial charge in [-0.25, -0.2) is 0 Å². The maximum absolute atomic E-state index is 11.3. The van der Waals surface area contributed by atoms with Crippen LogP contribution in [0.15, 0.2) is 0 Å². The van der Waals surface area contributed by atoms with Gasteiger partial charge in [-0.3, -0.25) is 4.21 Å². The van der Waals surface area contributed by atoms with Crippen LogP contribution in [0, 0.1) is 11.8 Å². The highest BCUT2D eigenvalue weighted by Crippen LogP contribution is 2.23. The van der Waals surface area contributed by atoms with Crippen molar-refractivity contribution in [2.24, 2.45) is 11.8 Å². The zero-order chi connectivity index (χ0) is 8.27. The number of hydrogen-bond donors (Lipinski definition) is 0. The molecule has 1 fully saturated rings. The molecule has 0 N–H and O–H groups in total. The van der Waals surface area contributed by atoms with E-state index < -0.39 is 10.8 Å². The van der Waals surface area contributed by atoms with Crippen molar-refractivity contribution in [1.29, 1.82) is 0 Å². The fourth-order valence-electron chi connectivity index (χ4n) is 1.72. The molecule has 1 aliphatic heterocycles. The van der Waals surface area contributed by atoms with Gasteiger partial charge in [0.25, 0.3) is 0 Å². The quantitative estimate of drug-likeness (QED) is 0.595. The first-order chi connectivity index (χ1) is 5.22. The van der Waals surface area contributed by atoms with Gasteiger partial charge in [0, 0.05) is 22.3 Å². The Bertz CT molecular complexity index is 144. The summed E-state index contributed by atoms with van der Waals surface area (Å²) < 4.78 is 11.3. The van der Waals surface area contributed by atoms with Crippen molar-refractivity contribution in [3.05, 3.63) is 0 Å². The van der Waals surface area contributed by atoms with E-state index in [0.717, 1.165) is 23.3 Å². The van der Waals surface area contributed by atoms with Crippen molar-refractivity contribution in [2.45, 2.75) is 33.1 Å². The largest absolute Gasteiger partial charge is 0.260 e. The van der Waals surface area contributed by atoms with E-state index in [1.54, 1.807) is 0 Å². The van der Waals surface area contributed by atoms with Crippen LogP contribution in [0.3, 0.4) is 0 Å². The second kappa shape index (κ2) is 4.24. The van der Waals surface area contributed by atoms with Gasteiger partial charge in [0.1, 0.15) is 0 Å². The summed E-state index contributed by atoms with van der Waals surface area (Å²) in [4.78, 5) is 0. The van der Waals surface area contributed by atoms with E-state index in [0.29, 0.717) is 0 Å². The first-order valence-electron chi connectivity index (χ1n) is 4.57. The maximum atomic E-state index is 11.3. The van der Waals surface area contributed by atoms with Crippen molar-refractivity contribution in [3.8, 4) is 0 Å². The molecule has 1 saturated heterocycles.